The topological polar surface area (TPSA) is 73.8 Å². The maximum absolute atomic E-state index is 13.0. The van der Waals surface area contributed by atoms with Crippen LogP contribution in [-0.4, -0.2) is 57.4 Å². The van der Waals surface area contributed by atoms with Crippen molar-refractivity contribution >= 4 is 27.4 Å². The molecule has 0 unspecified atom stereocenters. The van der Waals surface area contributed by atoms with Gasteiger partial charge in [0.2, 0.25) is 5.91 Å². The van der Waals surface area contributed by atoms with Crippen LogP contribution >= 0.6 is 0 Å². The molecular formula is C20H28N4O3S. The van der Waals surface area contributed by atoms with Crippen molar-refractivity contribution < 1.29 is 13.2 Å². The minimum absolute atomic E-state index is 0.00670. The van der Waals surface area contributed by atoms with Crippen LogP contribution in [0.4, 0.5) is 11.5 Å². The number of anilines is 2. The average Bonchev–Trinajstić information content (AvgIpc) is 2.70. The van der Waals surface area contributed by atoms with Crippen molar-refractivity contribution in [1.29, 1.82) is 0 Å². The fraction of sp³-hybridized carbons (Fsp3) is 0.400. The van der Waals surface area contributed by atoms with Crippen molar-refractivity contribution in [3.63, 3.8) is 0 Å². The standard InChI is InChI=1S/C20H28N4O3S/c1-5-23(6-2)20(25)16-22(4)19-14-13-18(15-21-19)28(26,27)24(7-3)17-11-9-8-10-12-17/h8-15H,5-7,16H2,1-4H3. The van der Waals surface area contributed by atoms with Crippen molar-refractivity contribution in [1.82, 2.24) is 9.88 Å². The SMILES string of the molecule is CCN(CC)C(=O)CN(C)c1ccc(S(=O)(=O)N(CC)c2ccccc2)cn1. The molecule has 2 rings (SSSR count). The molecule has 0 spiro atoms. The summed E-state index contributed by atoms with van der Waals surface area (Å²) in [5.74, 6) is 0.550. The van der Waals surface area contributed by atoms with Crippen LogP contribution < -0.4 is 9.21 Å². The van der Waals surface area contributed by atoms with Gasteiger partial charge in [0.1, 0.15) is 10.7 Å². The maximum Gasteiger partial charge on any atom is 0.265 e. The van der Waals surface area contributed by atoms with Crippen LogP contribution in [0.15, 0.2) is 53.6 Å². The van der Waals surface area contributed by atoms with Crippen molar-refractivity contribution in [3.8, 4) is 0 Å². The van der Waals surface area contributed by atoms with Gasteiger partial charge in [0.15, 0.2) is 0 Å². The number of likely N-dealkylation sites (N-methyl/N-ethyl adjacent to an activating group) is 2. The van der Waals surface area contributed by atoms with Gasteiger partial charge in [0.25, 0.3) is 10.0 Å². The summed E-state index contributed by atoms with van der Waals surface area (Å²) in [5.41, 5.74) is 0.607. The smallest absolute Gasteiger partial charge is 0.265 e. The second-order valence-electron chi connectivity index (χ2n) is 6.28. The van der Waals surface area contributed by atoms with Crippen LogP contribution in [0.5, 0.6) is 0 Å². The normalized spacial score (nSPS) is 11.1. The number of pyridine rings is 1. The Morgan fingerprint density at radius 1 is 0.964 bits per heavy atom. The molecule has 1 aromatic heterocycles. The summed E-state index contributed by atoms with van der Waals surface area (Å²) in [6.45, 7) is 7.47. The third kappa shape index (κ3) is 4.81. The van der Waals surface area contributed by atoms with E-state index in [4.69, 9.17) is 0 Å². The van der Waals surface area contributed by atoms with Gasteiger partial charge in [-0.3, -0.25) is 9.10 Å². The number of benzene rings is 1. The monoisotopic (exact) mass is 404 g/mol. The third-order valence-corrected chi connectivity index (χ3v) is 6.41. The fourth-order valence-corrected chi connectivity index (χ4v) is 4.34. The highest BCUT2D eigenvalue weighted by Crippen LogP contribution is 2.23. The number of rotatable bonds is 9. The van der Waals surface area contributed by atoms with Gasteiger partial charge in [-0.1, -0.05) is 18.2 Å². The lowest BCUT2D eigenvalue weighted by molar-refractivity contribution is -0.129. The first-order chi connectivity index (χ1) is 13.3. The number of sulfonamides is 1. The zero-order valence-corrected chi connectivity index (χ0v) is 17.7. The minimum Gasteiger partial charge on any atom is -0.350 e. The molecule has 7 nitrogen and oxygen atoms in total. The lowest BCUT2D eigenvalue weighted by Crippen LogP contribution is -2.39. The summed E-state index contributed by atoms with van der Waals surface area (Å²) >= 11 is 0. The molecule has 0 bridgehead atoms. The van der Waals surface area contributed by atoms with Crippen LogP contribution in [0.2, 0.25) is 0 Å². The first-order valence-electron chi connectivity index (χ1n) is 9.37. The molecule has 1 aromatic carbocycles. The molecular weight excluding hydrogens is 376 g/mol. The number of amides is 1. The van der Waals surface area contributed by atoms with Gasteiger partial charge in [-0.2, -0.15) is 0 Å². The Morgan fingerprint density at radius 2 is 1.61 bits per heavy atom. The number of nitrogens with zero attached hydrogens (tertiary/aromatic N) is 4. The molecule has 0 fully saturated rings. The Kier molecular flexibility index (Phi) is 7.39. The van der Waals surface area contributed by atoms with E-state index in [-0.39, 0.29) is 17.3 Å². The Bertz CT molecular complexity index is 866. The number of carbonyl (C=O) groups excluding carboxylic acids is 1. The molecule has 1 amide bonds. The van der Waals surface area contributed by atoms with Crippen molar-refractivity contribution in [2.75, 3.05) is 42.4 Å². The molecule has 0 atom stereocenters. The molecule has 0 aliphatic heterocycles. The molecule has 2 aromatic rings. The molecule has 1 heterocycles. The van der Waals surface area contributed by atoms with Gasteiger partial charge in [-0.15, -0.1) is 0 Å². The van der Waals surface area contributed by atoms with E-state index in [0.29, 0.717) is 31.1 Å². The number of aromatic nitrogens is 1. The predicted octanol–water partition coefficient (Wildman–Crippen LogP) is 2.60. The van der Waals surface area contributed by atoms with E-state index in [1.807, 2.05) is 19.9 Å². The van der Waals surface area contributed by atoms with Crippen LogP contribution in [-0.2, 0) is 14.8 Å². The highest BCUT2D eigenvalue weighted by molar-refractivity contribution is 7.92. The van der Waals surface area contributed by atoms with Crippen molar-refractivity contribution in [2.24, 2.45) is 0 Å². The fourth-order valence-electron chi connectivity index (χ4n) is 2.92. The van der Waals surface area contributed by atoms with E-state index in [1.165, 1.54) is 16.6 Å². The molecule has 0 radical (unpaired) electrons. The van der Waals surface area contributed by atoms with E-state index in [2.05, 4.69) is 4.98 Å². The molecule has 0 saturated heterocycles. The van der Waals surface area contributed by atoms with Crippen LogP contribution in [0.3, 0.4) is 0 Å². The third-order valence-electron chi connectivity index (χ3n) is 4.52. The molecule has 152 valence electrons. The highest BCUT2D eigenvalue weighted by Gasteiger charge is 2.24. The minimum atomic E-state index is -3.71. The van der Waals surface area contributed by atoms with Gasteiger partial charge in [0, 0.05) is 32.9 Å². The quantitative estimate of drug-likeness (QED) is 0.642. The second-order valence-corrected chi connectivity index (χ2v) is 8.14. The first-order valence-corrected chi connectivity index (χ1v) is 10.8. The van der Waals surface area contributed by atoms with Gasteiger partial charge < -0.3 is 9.80 Å². The number of hydrogen-bond donors (Lipinski definition) is 0. The Morgan fingerprint density at radius 3 is 2.11 bits per heavy atom. The summed E-state index contributed by atoms with van der Waals surface area (Å²) in [5, 5.41) is 0. The number of carbonyl (C=O) groups is 1. The summed E-state index contributed by atoms with van der Waals surface area (Å²) in [6.07, 6.45) is 1.34. The van der Waals surface area contributed by atoms with E-state index < -0.39 is 10.0 Å². The van der Waals surface area contributed by atoms with Crippen LogP contribution in [0, 0.1) is 0 Å². The van der Waals surface area contributed by atoms with Crippen molar-refractivity contribution in [2.45, 2.75) is 25.7 Å². The van der Waals surface area contributed by atoms with Gasteiger partial charge in [-0.25, -0.2) is 13.4 Å². The lowest BCUT2D eigenvalue weighted by Gasteiger charge is -2.25. The second kappa shape index (κ2) is 9.54. The summed E-state index contributed by atoms with van der Waals surface area (Å²) in [7, 11) is -1.95. The molecule has 28 heavy (non-hydrogen) atoms. The predicted molar refractivity (Wildman–Crippen MR) is 112 cm³/mol. The summed E-state index contributed by atoms with van der Waals surface area (Å²) < 4.78 is 27.3. The molecule has 0 aliphatic rings. The van der Waals surface area contributed by atoms with Crippen LogP contribution in [0.25, 0.3) is 0 Å². The zero-order valence-electron chi connectivity index (χ0n) is 16.9. The Balaban J connectivity index is 2.20. The first kappa shape index (κ1) is 21.7. The van der Waals surface area contributed by atoms with E-state index in [0.717, 1.165) is 0 Å². The largest absolute Gasteiger partial charge is 0.350 e. The zero-order chi connectivity index (χ0) is 20.7. The van der Waals surface area contributed by atoms with Gasteiger partial charge >= 0.3 is 0 Å². The molecule has 0 saturated carbocycles. The van der Waals surface area contributed by atoms with E-state index in [9.17, 15) is 13.2 Å². The molecule has 0 N–H and O–H groups in total. The molecule has 0 aliphatic carbocycles. The molecule has 8 heteroatoms. The number of para-hydroxylation sites is 1. The summed E-state index contributed by atoms with van der Waals surface area (Å²) in [6, 6.07) is 12.1. The Hall–Kier alpha value is -2.61. The maximum atomic E-state index is 13.0. The van der Waals surface area contributed by atoms with Gasteiger partial charge in [-0.05, 0) is 45.0 Å². The van der Waals surface area contributed by atoms with E-state index >= 15 is 0 Å². The Labute approximate surface area is 167 Å². The number of hydrogen-bond acceptors (Lipinski definition) is 5. The summed E-state index contributed by atoms with van der Waals surface area (Å²) in [4.78, 5) is 20.1. The lowest BCUT2D eigenvalue weighted by atomic mass is 10.3. The van der Waals surface area contributed by atoms with Crippen LogP contribution in [0.1, 0.15) is 20.8 Å². The average molecular weight is 405 g/mol. The van der Waals surface area contributed by atoms with Crippen molar-refractivity contribution in [3.05, 3.63) is 48.7 Å². The highest BCUT2D eigenvalue weighted by atomic mass is 32.2. The van der Waals surface area contributed by atoms with Gasteiger partial charge in [0.05, 0.1) is 12.2 Å². The van der Waals surface area contributed by atoms with E-state index in [1.54, 1.807) is 54.1 Å².